The summed E-state index contributed by atoms with van der Waals surface area (Å²) in [5.41, 5.74) is 1.89. The van der Waals surface area contributed by atoms with Crippen molar-refractivity contribution in [3.8, 4) is 0 Å². The normalized spacial score (nSPS) is 16.0. The predicted octanol–water partition coefficient (Wildman–Crippen LogP) is 3.93. The fourth-order valence-corrected chi connectivity index (χ4v) is 4.68. The molecule has 0 radical (unpaired) electrons. The summed E-state index contributed by atoms with van der Waals surface area (Å²) in [5.74, 6) is 0.0826. The Balaban J connectivity index is 1.56. The van der Waals surface area contributed by atoms with Crippen molar-refractivity contribution >= 4 is 23.2 Å². The van der Waals surface area contributed by atoms with Crippen molar-refractivity contribution in [3.63, 3.8) is 0 Å². The van der Waals surface area contributed by atoms with Crippen molar-refractivity contribution < 1.29 is 9.59 Å². The Morgan fingerprint density at radius 2 is 1.89 bits per heavy atom. The quantitative estimate of drug-likeness (QED) is 0.801. The summed E-state index contributed by atoms with van der Waals surface area (Å²) >= 11 is 1.48. The molecule has 2 heterocycles. The molecule has 1 aliphatic rings. The number of benzene rings is 1. The third-order valence-electron chi connectivity index (χ3n) is 5.40. The predicted molar refractivity (Wildman–Crippen MR) is 113 cm³/mol. The molecule has 5 nitrogen and oxygen atoms in total. The van der Waals surface area contributed by atoms with Gasteiger partial charge < -0.3 is 10.2 Å². The van der Waals surface area contributed by atoms with E-state index in [-0.39, 0.29) is 23.8 Å². The van der Waals surface area contributed by atoms with Gasteiger partial charge >= 0.3 is 0 Å². The van der Waals surface area contributed by atoms with Crippen molar-refractivity contribution in [1.82, 2.24) is 15.2 Å². The fraction of sp³-hybridized carbons (Fsp3) is 0.500. The number of hydrogen-bond acceptors (Lipinski definition) is 4. The number of aryl methyl sites for hydroxylation is 2. The molecule has 0 bridgehead atoms. The molecular weight excluding hydrogens is 370 g/mol. The summed E-state index contributed by atoms with van der Waals surface area (Å²) in [6, 6.07) is 10.1. The highest BCUT2D eigenvalue weighted by molar-refractivity contribution is 7.13. The highest BCUT2D eigenvalue weighted by Crippen LogP contribution is 2.24. The van der Waals surface area contributed by atoms with E-state index < -0.39 is 0 Å². The summed E-state index contributed by atoms with van der Waals surface area (Å²) < 4.78 is 0. The molecule has 0 spiro atoms. The molecule has 150 valence electrons. The number of amides is 2. The van der Waals surface area contributed by atoms with Crippen molar-refractivity contribution in [2.24, 2.45) is 0 Å². The molecule has 1 aromatic heterocycles. The lowest BCUT2D eigenvalue weighted by atomic mass is 9.93. The van der Waals surface area contributed by atoms with Crippen LogP contribution in [-0.4, -0.2) is 40.8 Å². The van der Waals surface area contributed by atoms with Gasteiger partial charge in [-0.1, -0.05) is 44.2 Å². The van der Waals surface area contributed by atoms with Crippen LogP contribution in [0, 0.1) is 6.92 Å². The van der Waals surface area contributed by atoms with Gasteiger partial charge in [0.05, 0.1) is 16.6 Å². The number of carbonyl (C=O) groups excluding carboxylic acids is 2. The first-order chi connectivity index (χ1) is 13.5. The SMILES string of the molecule is CCc1nc(C)c(C(=O)NC2CCN(C(=O)C(CC)c3ccccc3)CC2)s1. The van der Waals surface area contributed by atoms with Crippen LogP contribution in [0.15, 0.2) is 30.3 Å². The van der Waals surface area contributed by atoms with Gasteiger partial charge in [0.1, 0.15) is 4.88 Å². The molecule has 1 unspecified atom stereocenters. The topological polar surface area (TPSA) is 62.3 Å². The van der Waals surface area contributed by atoms with E-state index in [4.69, 9.17) is 0 Å². The van der Waals surface area contributed by atoms with Gasteiger partial charge in [-0.3, -0.25) is 9.59 Å². The molecule has 0 saturated carbocycles. The van der Waals surface area contributed by atoms with Gasteiger partial charge in [0, 0.05) is 19.1 Å². The lowest BCUT2D eigenvalue weighted by molar-refractivity contribution is -0.134. The Morgan fingerprint density at radius 1 is 1.21 bits per heavy atom. The monoisotopic (exact) mass is 399 g/mol. The first kappa shape index (κ1) is 20.5. The van der Waals surface area contributed by atoms with Crippen LogP contribution in [0.1, 0.15) is 65.0 Å². The Hall–Kier alpha value is -2.21. The van der Waals surface area contributed by atoms with Gasteiger partial charge in [0.25, 0.3) is 5.91 Å². The highest BCUT2D eigenvalue weighted by atomic mass is 32.1. The molecule has 1 aromatic carbocycles. The minimum absolute atomic E-state index is 0.0322. The van der Waals surface area contributed by atoms with E-state index in [2.05, 4.69) is 17.2 Å². The molecule has 0 aliphatic carbocycles. The first-order valence-electron chi connectivity index (χ1n) is 10.1. The number of carbonyl (C=O) groups is 2. The van der Waals surface area contributed by atoms with Crippen molar-refractivity contribution in [3.05, 3.63) is 51.5 Å². The zero-order valence-corrected chi connectivity index (χ0v) is 17.7. The summed E-state index contributed by atoms with van der Waals surface area (Å²) in [6.07, 6.45) is 3.23. The Labute approximate surface area is 171 Å². The minimum atomic E-state index is -0.0837. The van der Waals surface area contributed by atoms with Crippen molar-refractivity contribution in [1.29, 1.82) is 0 Å². The molecule has 6 heteroatoms. The number of likely N-dealkylation sites (tertiary alicyclic amines) is 1. The van der Waals surface area contributed by atoms with Crippen LogP contribution in [0.5, 0.6) is 0 Å². The van der Waals surface area contributed by atoms with E-state index >= 15 is 0 Å². The number of rotatable bonds is 6. The molecular formula is C22H29N3O2S. The minimum Gasteiger partial charge on any atom is -0.348 e. The third kappa shape index (κ3) is 4.61. The van der Waals surface area contributed by atoms with Crippen LogP contribution in [0.4, 0.5) is 0 Å². The summed E-state index contributed by atoms with van der Waals surface area (Å²) in [6.45, 7) is 7.38. The second-order valence-electron chi connectivity index (χ2n) is 7.32. The van der Waals surface area contributed by atoms with Gasteiger partial charge in [-0.25, -0.2) is 4.98 Å². The van der Waals surface area contributed by atoms with E-state index in [1.807, 2.05) is 49.1 Å². The van der Waals surface area contributed by atoms with Crippen molar-refractivity contribution in [2.45, 2.75) is 58.4 Å². The number of hydrogen-bond donors (Lipinski definition) is 1. The van der Waals surface area contributed by atoms with Gasteiger partial charge in [-0.15, -0.1) is 11.3 Å². The van der Waals surface area contributed by atoms with Gasteiger partial charge in [-0.05, 0) is 38.2 Å². The number of piperidine rings is 1. The lowest BCUT2D eigenvalue weighted by Crippen LogP contribution is -2.47. The second kappa shape index (κ2) is 9.32. The summed E-state index contributed by atoms with van der Waals surface area (Å²) in [5, 5.41) is 4.14. The van der Waals surface area contributed by atoms with Crippen LogP contribution in [0.2, 0.25) is 0 Å². The first-order valence-corrected chi connectivity index (χ1v) is 11.0. The molecule has 28 heavy (non-hydrogen) atoms. The average molecular weight is 400 g/mol. The second-order valence-corrected chi connectivity index (χ2v) is 8.40. The van der Waals surface area contributed by atoms with E-state index in [1.165, 1.54) is 11.3 Å². The Morgan fingerprint density at radius 3 is 2.46 bits per heavy atom. The van der Waals surface area contributed by atoms with Crippen LogP contribution in [0.25, 0.3) is 0 Å². The van der Waals surface area contributed by atoms with Gasteiger partial charge in [0.15, 0.2) is 0 Å². The molecule has 1 aliphatic heterocycles. The van der Waals surface area contributed by atoms with Crippen LogP contribution < -0.4 is 5.32 Å². The molecule has 1 fully saturated rings. The number of aromatic nitrogens is 1. The average Bonchev–Trinajstić information content (AvgIpc) is 3.11. The largest absolute Gasteiger partial charge is 0.348 e. The standard InChI is InChI=1S/C22H29N3O2S/c1-4-18(16-9-7-6-8-10-16)22(27)25-13-11-17(12-14-25)24-21(26)20-15(3)23-19(5-2)28-20/h6-10,17-18H,4-5,11-14H2,1-3H3,(H,24,26). The number of nitrogens with zero attached hydrogens (tertiary/aromatic N) is 2. The fourth-order valence-electron chi connectivity index (χ4n) is 3.77. The highest BCUT2D eigenvalue weighted by Gasteiger charge is 2.29. The molecule has 1 N–H and O–H groups in total. The zero-order chi connectivity index (χ0) is 20.1. The van der Waals surface area contributed by atoms with E-state index in [0.717, 1.165) is 41.9 Å². The third-order valence-corrected chi connectivity index (χ3v) is 6.70. The Kier molecular flexibility index (Phi) is 6.83. The van der Waals surface area contributed by atoms with Gasteiger partial charge in [0.2, 0.25) is 5.91 Å². The van der Waals surface area contributed by atoms with E-state index in [1.54, 1.807) is 0 Å². The molecule has 2 aromatic rings. The Bertz CT molecular complexity index is 810. The summed E-state index contributed by atoms with van der Waals surface area (Å²) in [7, 11) is 0. The number of thiazole rings is 1. The smallest absolute Gasteiger partial charge is 0.263 e. The lowest BCUT2D eigenvalue weighted by Gasteiger charge is -2.34. The van der Waals surface area contributed by atoms with E-state index in [9.17, 15) is 9.59 Å². The van der Waals surface area contributed by atoms with Crippen LogP contribution in [0.3, 0.4) is 0 Å². The molecule has 3 rings (SSSR count). The van der Waals surface area contributed by atoms with Crippen molar-refractivity contribution in [2.75, 3.05) is 13.1 Å². The number of nitrogens with one attached hydrogen (secondary N) is 1. The molecule has 2 amide bonds. The maximum atomic E-state index is 13.0. The van der Waals surface area contributed by atoms with Crippen LogP contribution >= 0.6 is 11.3 Å². The van der Waals surface area contributed by atoms with Gasteiger partial charge in [-0.2, -0.15) is 0 Å². The maximum Gasteiger partial charge on any atom is 0.263 e. The molecule has 1 atom stereocenters. The zero-order valence-electron chi connectivity index (χ0n) is 16.9. The summed E-state index contributed by atoms with van der Waals surface area (Å²) in [4.78, 5) is 32.7. The van der Waals surface area contributed by atoms with Crippen LogP contribution in [-0.2, 0) is 11.2 Å². The molecule has 1 saturated heterocycles. The van der Waals surface area contributed by atoms with E-state index in [0.29, 0.717) is 18.0 Å². The maximum absolute atomic E-state index is 13.0.